The van der Waals surface area contributed by atoms with Crippen LogP contribution in [0.25, 0.3) is 0 Å². The Kier molecular flexibility index (Phi) is 7.39. The average molecular weight is 214 g/mol. The van der Waals surface area contributed by atoms with E-state index in [1.54, 1.807) is 0 Å². The molecule has 0 aromatic heterocycles. The Morgan fingerprint density at radius 2 is 1.73 bits per heavy atom. The van der Waals surface area contributed by atoms with E-state index in [-0.39, 0.29) is 11.9 Å². The summed E-state index contributed by atoms with van der Waals surface area (Å²) < 4.78 is 0. The van der Waals surface area contributed by atoms with Crippen LogP contribution in [-0.4, -0.2) is 25.5 Å². The second kappa shape index (κ2) is 7.69. The third kappa shape index (κ3) is 7.37. The Morgan fingerprint density at radius 3 is 2.13 bits per heavy atom. The van der Waals surface area contributed by atoms with Crippen LogP contribution in [0.5, 0.6) is 0 Å². The summed E-state index contributed by atoms with van der Waals surface area (Å²) in [5.74, 6) is 1.31. The van der Waals surface area contributed by atoms with Crippen LogP contribution in [0.15, 0.2) is 0 Å². The van der Waals surface area contributed by atoms with E-state index >= 15 is 0 Å². The highest BCUT2D eigenvalue weighted by molar-refractivity contribution is 5.81. The first kappa shape index (κ1) is 14.4. The number of likely N-dealkylation sites (N-methyl/N-ethyl adjacent to an activating group) is 1. The average Bonchev–Trinajstić information content (AvgIpc) is 2.13. The molecule has 0 aliphatic heterocycles. The van der Waals surface area contributed by atoms with Crippen molar-refractivity contribution in [2.24, 2.45) is 11.8 Å². The minimum atomic E-state index is -0.0443. The molecule has 0 heterocycles. The van der Waals surface area contributed by atoms with Gasteiger partial charge in [-0.25, -0.2) is 0 Å². The normalized spacial score (nSPS) is 13.3. The van der Waals surface area contributed by atoms with Gasteiger partial charge in [-0.3, -0.25) is 4.79 Å². The third-order valence-corrected chi connectivity index (χ3v) is 2.39. The van der Waals surface area contributed by atoms with Crippen molar-refractivity contribution in [1.29, 1.82) is 0 Å². The molecule has 0 radical (unpaired) electrons. The minimum absolute atomic E-state index is 0.0443. The van der Waals surface area contributed by atoms with Gasteiger partial charge in [0.05, 0.1) is 6.04 Å². The largest absolute Gasteiger partial charge is 0.355 e. The lowest BCUT2D eigenvalue weighted by Gasteiger charge is -2.18. The maximum absolute atomic E-state index is 11.7. The van der Waals surface area contributed by atoms with Gasteiger partial charge in [0.25, 0.3) is 0 Å². The van der Waals surface area contributed by atoms with Crippen molar-refractivity contribution >= 4 is 5.91 Å². The second-order valence-electron chi connectivity index (χ2n) is 4.94. The van der Waals surface area contributed by atoms with Crippen molar-refractivity contribution in [2.75, 3.05) is 13.6 Å². The van der Waals surface area contributed by atoms with E-state index in [4.69, 9.17) is 0 Å². The summed E-state index contributed by atoms with van der Waals surface area (Å²) in [6, 6.07) is -0.0443. The molecule has 2 N–H and O–H groups in total. The number of hydrogen-bond donors (Lipinski definition) is 2. The summed E-state index contributed by atoms with van der Waals surface area (Å²) in [6.45, 7) is 9.37. The first-order chi connectivity index (χ1) is 6.97. The van der Waals surface area contributed by atoms with Gasteiger partial charge in [0.2, 0.25) is 5.91 Å². The monoisotopic (exact) mass is 214 g/mol. The van der Waals surface area contributed by atoms with Gasteiger partial charge < -0.3 is 10.6 Å². The first-order valence-electron chi connectivity index (χ1n) is 5.92. The molecule has 3 nitrogen and oxygen atoms in total. The standard InChI is InChI=1S/C12H26N2O/c1-9(2)6-7-14-12(15)11(13-5)8-10(3)4/h9-11,13H,6-8H2,1-5H3,(H,14,15)/t11-/m0/s1. The molecule has 90 valence electrons. The number of carbonyl (C=O) groups is 1. The van der Waals surface area contributed by atoms with E-state index in [0.29, 0.717) is 11.8 Å². The van der Waals surface area contributed by atoms with E-state index in [2.05, 4.69) is 38.3 Å². The van der Waals surface area contributed by atoms with Crippen LogP contribution >= 0.6 is 0 Å². The lowest BCUT2D eigenvalue weighted by molar-refractivity contribution is -0.123. The Balaban J connectivity index is 3.83. The van der Waals surface area contributed by atoms with Crippen LogP contribution in [0.3, 0.4) is 0 Å². The molecule has 1 atom stereocenters. The van der Waals surface area contributed by atoms with Gasteiger partial charge in [-0.1, -0.05) is 27.7 Å². The Bertz CT molecular complexity index is 178. The molecule has 0 aliphatic rings. The van der Waals surface area contributed by atoms with Crippen molar-refractivity contribution < 1.29 is 4.79 Å². The molecule has 0 fully saturated rings. The molecule has 0 aliphatic carbocycles. The highest BCUT2D eigenvalue weighted by Crippen LogP contribution is 2.04. The summed E-state index contributed by atoms with van der Waals surface area (Å²) in [5.41, 5.74) is 0. The quantitative estimate of drug-likeness (QED) is 0.678. The number of nitrogens with one attached hydrogen (secondary N) is 2. The van der Waals surface area contributed by atoms with E-state index in [0.717, 1.165) is 19.4 Å². The van der Waals surface area contributed by atoms with E-state index in [1.165, 1.54) is 0 Å². The lowest BCUT2D eigenvalue weighted by atomic mass is 10.0. The summed E-state index contributed by atoms with van der Waals surface area (Å²) in [6.07, 6.45) is 1.94. The van der Waals surface area contributed by atoms with Crippen LogP contribution in [-0.2, 0) is 4.79 Å². The zero-order valence-electron chi connectivity index (χ0n) is 10.8. The maximum atomic E-state index is 11.7. The van der Waals surface area contributed by atoms with Crippen LogP contribution in [0, 0.1) is 11.8 Å². The summed E-state index contributed by atoms with van der Waals surface area (Å²) in [5, 5.41) is 6.03. The fourth-order valence-corrected chi connectivity index (χ4v) is 1.43. The predicted octanol–water partition coefficient (Wildman–Crippen LogP) is 1.78. The molecule has 0 saturated carbocycles. The van der Waals surface area contributed by atoms with Gasteiger partial charge in [0.1, 0.15) is 0 Å². The molecule has 0 aromatic rings. The smallest absolute Gasteiger partial charge is 0.237 e. The Morgan fingerprint density at radius 1 is 1.13 bits per heavy atom. The molecule has 0 unspecified atom stereocenters. The summed E-state index contributed by atoms with van der Waals surface area (Å²) in [7, 11) is 1.84. The molecule has 15 heavy (non-hydrogen) atoms. The second-order valence-corrected chi connectivity index (χ2v) is 4.94. The van der Waals surface area contributed by atoms with Crippen LogP contribution in [0.4, 0.5) is 0 Å². The predicted molar refractivity (Wildman–Crippen MR) is 64.8 cm³/mol. The fraction of sp³-hybridized carbons (Fsp3) is 0.917. The molecule has 0 rings (SSSR count). The fourth-order valence-electron chi connectivity index (χ4n) is 1.43. The first-order valence-corrected chi connectivity index (χ1v) is 5.92. The van der Waals surface area contributed by atoms with Gasteiger partial charge in [-0.15, -0.1) is 0 Å². The zero-order chi connectivity index (χ0) is 11.8. The Hall–Kier alpha value is -0.570. The third-order valence-electron chi connectivity index (χ3n) is 2.39. The number of hydrogen-bond acceptors (Lipinski definition) is 2. The minimum Gasteiger partial charge on any atom is -0.355 e. The molecular weight excluding hydrogens is 188 g/mol. The number of carbonyl (C=O) groups excluding carboxylic acids is 1. The number of amides is 1. The van der Waals surface area contributed by atoms with Crippen LogP contribution in [0.2, 0.25) is 0 Å². The summed E-state index contributed by atoms with van der Waals surface area (Å²) >= 11 is 0. The molecule has 0 aromatic carbocycles. The maximum Gasteiger partial charge on any atom is 0.237 e. The molecule has 0 bridgehead atoms. The summed E-state index contributed by atoms with van der Waals surface area (Å²) in [4.78, 5) is 11.7. The highest BCUT2D eigenvalue weighted by atomic mass is 16.2. The van der Waals surface area contributed by atoms with Gasteiger partial charge >= 0.3 is 0 Å². The van der Waals surface area contributed by atoms with Gasteiger partial charge in [0.15, 0.2) is 0 Å². The van der Waals surface area contributed by atoms with Gasteiger partial charge in [-0.05, 0) is 31.7 Å². The van der Waals surface area contributed by atoms with Crippen molar-refractivity contribution in [3.05, 3.63) is 0 Å². The molecule has 0 saturated heterocycles. The molecule has 0 spiro atoms. The van der Waals surface area contributed by atoms with E-state index < -0.39 is 0 Å². The lowest BCUT2D eigenvalue weighted by Crippen LogP contribution is -2.43. The van der Waals surface area contributed by atoms with Gasteiger partial charge in [0, 0.05) is 6.54 Å². The van der Waals surface area contributed by atoms with Crippen LogP contribution < -0.4 is 10.6 Å². The zero-order valence-corrected chi connectivity index (χ0v) is 10.8. The molecule has 1 amide bonds. The molecular formula is C12H26N2O. The van der Waals surface area contributed by atoms with Crippen molar-refractivity contribution in [2.45, 2.75) is 46.6 Å². The topological polar surface area (TPSA) is 41.1 Å². The van der Waals surface area contributed by atoms with Crippen LogP contribution in [0.1, 0.15) is 40.5 Å². The van der Waals surface area contributed by atoms with E-state index in [9.17, 15) is 4.79 Å². The SMILES string of the molecule is CN[C@@H](CC(C)C)C(=O)NCCC(C)C. The van der Waals surface area contributed by atoms with Gasteiger partial charge in [-0.2, -0.15) is 0 Å². The number of rotatable bonds is 7. The van der Waals surface area contributed by atoms with Crippen molar-refractivity contribution in [3.8, 4) is 0 Å². The van der Waals surface area contributed by atoms with Crippen molar-refractivity contribution in [3.63, 3.8) is 0 Å². The van der Waals surface area contributed by atoms with Crippen molar-refractivity contribution in [1.82, 2.24) is 10.6 Å². The highest BCUT2D eigenvalue weighted by Gasteiger charge is 2.16. The Labute approximate surface area is 94.0 Å². The molecule has 3 heteroatoms. The van der Waals surface area contributed by atoms with E-state index in [1.807, 2.05) is 7.05 Å².